The smallest absolute Gasteiger partial charge is 0.260 e. The second-order valence-corrected chi connectivity index (χ2v) is 5.39. The van der Waals surface area contributed by atoms with E-state index in [-0.39, 0.29) is 6.54 Å². The molecule has 24 heavy (non-hydrogen) atoms. The molecule has 2 aromatic rings. The second-order valence-electron chi connectivity index (χ2n) is 5.39. The van der Waals surface area contributed by atoms with Gasteiger partial charge in [-0.05, 0) is 36.8 Å². The van der Waals surface area contributed by atoms with Crippen LogP contribution in [-0.2, 0) is 6.54 Å². The van der Waals surface area contributed by atoms with Gasteiger partial charge < -0.3 is 14.4 Å². The Morgan fingerprint density at radius 1 is 1.08 bits per heavy atom. The number of hydrogen-bond donors (Lipinski definition) is 0. The molecule has 0 bridgehead atoms. The zero-order valence-electron chi connectivity index (χ0n) is 13.2. The average molecular weight is 333 g/mol. The van der Waals surface area contributed by atoms with Gasteiger partial charge in [-0.25, -0.2) is 8.78 Å². The lowest BCUT2D eigenvalue weighted by atomic mass is 10.1. The summed E-state index contributed by atoms with van der Waals surface area (Å²) in [6, 6.07) is 8.75. The van der Waals surface area contributed by atoms with Crippen LogP contribution in [0, 0.1) is 11.6 Å². The van der Waals surface area contributed by atoms with Gasteiger partial charge in [-0.2, -0.15) is 0 Å². The Labute approximate surface area is 138 Å². The van der Waals surface area contributed by atoms with Crippen molar-refractivity contribution in [2.75, 3.05) is 19.8 Å². The molecule has 0 saturated heterocycles. The first-order chi connectivity index (χ1) is 11.6. The molecular weight excluding hydrogens is 316 g/mol. The summed E-state index contributed by atoms with van der Waals surface area (Å²) >= 11 is 0. The van der Waals surface area contributed by atoms with Gasteiger partial charge in [0, 0.05) is 13.1 Å². The molecule has 0 unspecified atom stereocenters. The van der Waals surface area contributed by atoms with E-state index in [9.17, 15) is 13.6 Å². The molecule has 2 aromatic carbocycles. The molecule has 1 amide bonds. The topological polar surface area (TPSA) is 38.8 Å². The largest absolute Gasteiger partial charge is 0.486 e. The second kappa shape index (κ2) is 6.86. The maximum atomic E-state index is 13.8. The summed E-state index contributed by atoms with van der Waals surface area (Å²) in [5.74, 6) is -1.14. The number of rotatable bonds is 4. The molecule has 0 atom stereocenters. The molecule has 0 fully saturated rings. The SMILES string of the molecule is CCN(Cc1ccc2c(c1)OCCO2)C(=O)c1c(F)cccc1F. The molecule has 126 valence electrons. The van der Waals surface area contributed by atoms with Gasteiger partial charge in [-0.1, -0.05) is 12.1 Å². The molecule has 0 radical (unpaired) electrons. The van der Waals surface area contributed by atoms with E-state index in [0.717, 1.165) is 17.7 Å². The van der Waals surface area contributed by atoms with Crippen LogP contribution in [0.25, 0.3) is 0 Å². The Morgan fingerprint density at radius 3 is 2.42 bits per heavy atom. The summed E-state index contributed by atoms with van der Waals surface area (Å²) in [5, 5.41) is 0. The molecule has 1 aliphatic rings. The monoisotopic (exact) mass is 333 g/mol. The van der Waals surface area contributed by atoms with Gasteiger partial charge in [0.05, 0.1) is 0 Å². The number of halogens is 2. The van der Waals surface area contributed by atoms with Gasteiger partial charge in [0.15, 0.2) is 11.5 Å². The summed E-state index contributed by atoms with van der Waals surface area (Å²) in [4.78, 5) is 13.9. The minimum Gasteiger partial charge on any atom is -0.486 e. The summed E-state index contributed by atoms with van der Waals surface area (Å²) in [6.07, 6.45) is 0. The molecule has 0 aliphatic carbocycles. The van der Waals surface area contributed by atoms with Crippen LogP contribution < -0.4 is 9.47 Å². The maximum absolute atomic E-state index is 13.8. The zero-order chi connectivity index (χ0) is 17.1. The van der Waals surface area contributed by atoms with E-state index in [2.05, 4.69) is 0 Å². The van der Waals surface area contributed by atoms with Gasteiger partial charge in [0.25, 0.3) is 5.91 Å². The van der Waals surface area contributed by atoms with Gasteiger partial charge in [0.1, 0.15) is 30.4 Å². The number of amides is 1. The van der Waals surface area contributed by atoms with Crippen molar-refractivity contribution in [3.63, 3.8) is 0 Å². The molecule has 6 heteroatoms. The van der Waals surface area contributed by atoms with Gasteiger partial charge in [-0.3, -0.25) is 4.79 Å². The van der Waals surface area contributed by atoms with Crippen LogP contribution in [0.2, 0.25) is 0 Å². The van der Waals surface area contributed by atoms with Crippen molar-refractivity contribution in [1.82, 2.24) is 4.90 Å². The number of hydrogen-bond acceptors (Lipinski definition) is 3. The number of nitrogens with zero attached hydrogens (tertiary/aromatic N) is 1. The van der Waals surface area contributed by atoms with Gasteiger partial charge in [0.2, 0.25) is 0 Å². The number of ether oxygens (including phenoxy) is 2. The summed E-state index contributed by atoms with van der Waals surface area (Å²) in [5.41, 5.74) is 0.267. The Kier molecular flexibility index (Phi) is 4.64. The Morgan fingerprint density at radius 2 is 1.75 bits per heavy atom. The van der Waals surface area contributed by atoms with Crippen LogP contribution >= 0.6 is 0 Å². The average Bonchev–Trinajstić information content (AvgIpc) is 2.59. The Bertz CT molecular complexity index is 744. The highest BCUT2D eigenvalue weighted by molar-refractivity contribution is 5.94. The number of fused-ring (bicyclic) bond motifs is 1. The minimum absolute atomic E-state index is 0.222. The lowest BCUT2D eigenvalue weighted by Crippen LogP contribution is -2.31. The number of carbonyl (C=O) groups excluding carboxylic acids is 1. The van der Waals surface area contributed by atoms with E-state index >= 15 is 0 Å². The fourth-order valence-electron chi connectivity index (χ4n) is 2.59. The van der Waals surface area contributed by atoms with E-state index < -0.39 is 23.1 Å². The first-order valence-electron chi connectivity index (χ1n) is 7.72. The van der Waals surface area contributed by atoms with Crippen LogP contribution in [-0.4, -0.2) is 30.6 Å². The molecule has 0 saturated carbocycles. The lowest BCUT2D eigenvalue weighted by molar-refractivity contribution is 0.0742. The van der Waals surface area contributed by atoms with E-state index in [1.54, 1.807) is 25.1 Å². The minimum atomic E-state index is -0.861. The Balaban J connectivity index is 1.83. The highest BCUT2D eigenvalue weighted by Gasteiger charge is 2.23. The van der Waals surface area contributed by atoms with Gasteiger partial charge >= 0.3 is 0 Å². The van der Waals surface area contributed by atoms with Crippen LogP contribution in [0.5, 0.6) is 11.5 Å². The number of benzene rings is 2. The van der Waals surface area contributed by atoms with Crippen molar-refractivity contribution < 1.29 is 23.0 Å². The molecule has 0 N–H and O–H groups in total. The molecule has 0 spiro atoms. The first kappa shape index (κ1) is 16.2. The maximum Gasteiger partial charge on any atom is 0.260 e. The fraction of sp³-hybridized carbons (Fsp3) is 0.278. The van der Waals surface area contributed by atoms with E-state index in [0.29, 0.717) is 31.3 Å². The molecular formula is C18H17F2NO3. The van der Waals surface area contributed by atoms with E-state index in [1.165, 1.54) is 11.0 Å². The van der Waals surface area contributed by atoms with Crippen molar-refractivity contribution in [2.24, 2.45) is 0 Å². The highest BCUT2D eigenvalue weighted by atomic mass is 19.1. The highest BCUT2D eigenvalue weighted by Crippen LogP contribution is 2.31. The third-order valence-electron chi connectivity index (χ3n) is 3.83. The predicted molar refractivity (Wildman–Crippen MR) is 84.2 cm³/mol. The summed E-state index contributed by atoms with van der Waals surface area (Å²) in [6.45, 7) is 3.27. The summed E-state index contributed by atoms with van der Waals surface area (Å²) < 4.78 is 38.6. The number of carbonyl (C=O) groups is 1. The molecule has 1 heterocycles. The third-order valence-corrected chi connectivity index (χ3v) is 3.83. The first-order valence-corrected chi connectivity index (χ1v) is 7.72. The van der Waals surface area contributed by atoms with Crippen LogP contribution in [0.15, 0.2) is 36.4 Å². The summed E-state index contributed by atoms with van der Waals surface area (Å²) in [7, 11) is 0. The van der Waals surface area contributed by atoms with Crippen LogP contribution in [0.4, 0.5) is 8.78 Å². The van der Waals surface area contributed by atoms with E-state index in [4.69, 9.17) is 9.47 Å². The lowest BCUT2D eigenvalue weighted by Gasteiger charge is -2.23. The van der Waals surface area contributed by atoms with Crippen molar-refractivity contribution in [3.05, 3.63) is 59.2 Å². The normalized spacial score (nSPS) is 12.8. The van der Waals surface area contributed by atoms with E-state index in [1.807, 2.05) is 0 Å². The molecule has 3 rings (SSSR count). The third kappa shape index (κ3) is 3.18. The predicted octanol–water partition coefficient (Wildman–Crippen LogP) is 3.40. The molecule has 0 aromatic heterocycles. The fourth-order valence-corrected chi connectivity index (χ4v) is 2.59. The van der Waals surface area contributed by atoms with Crippen molar-refractivity contribution in [1.29, 1.82) is 0 Å². The van der Waals surface area contributed by atoms with Crippen molar-refractivity contribution >= 4 is 5.91 Å². The Hall–Kier alpha value is -2.63. The quantitative estimate of drug-likeness (QED) is 0.861. The van der Waals surface area contributed by atoms with Crippen LogP contribution in [0.3, 0.4) is 0 Å². The molecule has 1 aliphatic heterocycles. The zero-order valence-corrected chi connectivity index (χ0v) is 13.2. The van der Waals surface area contributed by atoms with Gasteiger partial charge in [-0.15, -0.1) is 0 Å². The van der Waals surface area contributed by atoms with Crippen molar-refractivity contribution in [2.45, 2.75) is 13.5 Å². The van der Waals surface area contributed by atoms with Crippen LogP contribution in [0.1, 0.15) is 22.8 Å². The molecule has 4 nitrogen and oxygen atoms in total. The van der Waals surface area contributed by atoms with Crippen molar-refractivity contribution in [3.8, 4) is 11.5 Å². The standard InChI is InChI=1S/C18H17F2NO3/c1-2-21(18(22)17-13(19)4-3-5-14(17)20)11-12-6-7-15-16(10-12)24-9-8-23-15/h3-7,10H,2,8-9,11H2,1H3.